The Hall–Kier alpha value is -3.03. The molecular formula is C18H22N6O2. The van der Waals surface area contributed by atoms with Gasteiger partial charge in [-0.2, -0.15) is 5.10 Å². The molecule has 3 heterocycles. The first-order valence-corrected chi connectivity index (χ1v) is 8.65. The minimum atomic E-state index is -0.433. The van der Waals surface area contributed by atoms with E-state index in [9.17, 15) is 9.59 Å². The van der Waals surface area contributed by atoms with Gasteiger partial charge in [0, 0.05) is 25.0 Å². The molecule has 3 aromatic heterocycles. The molecule has 8 heteroatoms. The Balaban J connectivity index is 1.99. The Labute approximate surface area is 150 Å². The van der Waals surface area contributed by atoms with Crippen molar-refractivity contribution in [3.8, 4) is 0 Å². The van der Waals surface area contributed by atoms with E-state index >= 15 is 0 Å². The van der Waals surface area contributed by atoms with Gasteiger partial charge in [-0.25, -0.2) is 14.6 Å². The zero-order valence-corrected chi connectivity index (χ0v) is 15.4. The molecule has 0 aliphatic heterocycles. The van der Waals surface area contributed by atoms with Crippen molar-refractivity contribution in [2.24, 2.45) is 0 Å². The van der Waals surface area contributed by atoms with E-state index in [-0.39, 0.29) is 17.0 Å². The summed E-state index contributed by atoms with van der Waals surface area (Å²) in [4.78, 5) is 34.2. The van der Waals surface area contributed by atoms with Gasteiger partial charge in [-0.05, 0) is 39.8 Å². The van der Waals surface area contributed by atoms with Gasteiger partial charge in [-0.15, -0.1) is 0 Å². The van der Waals surface area contributed by atoms with E-state index < -0.39 is 5.91 Å². The van der Waals surface area contributed by atoms with E-state index in [4.69, 9.17) is 0 Å². The predicted molar refractivity (Wildman–Crippen MR) is 98.0 cm³/mol. The molecule has 1 amide bonds. The van der Waals surface area contributed by atoms with Crippen LogP contribution in [0.5, 0.6) is 0 Å². The van der Waals surface area contributed by atoms with E-state index in [2.05, 4.69) is 20.4 Å². The lowest BCUT2D eigenvalue weighted by Crippen LogP contribution is -2.33. The molecule has 0 aliphatic rings. The van der Waals surface area contributed by atoms with E-state index in [1.165, 1.54) is 6.33 Å². The van der Waals surface area contributed by atoms with Crippen LogP contribution in [0.15, 0.2) is 29.5 Å². The summed E-state index contributed by atoms with van der Waals surface area (Å²) in [5.74, 6) is 0.215. The molecule has 0 fully saturated rings. The van der Waals surface area contributed by atoms with Crippen LogP contribution in [0, 0.1) is 6.92 Å². The largest absolute Gasteiger partial charge is 0.342 e. The number of rotatable bonds is 5. The van der Waals surface area contributed by atoms with Gasteiger partial charge in [-0.1, -0.05) is 0 Å². The van der Waals surface area contributed by atoms with Crippen LogP contribution in [0.1, 0.15) is 48.7 Å². The van der Waals surface area contributed by atoms with Crippen molar-refractivity contribution in [2.45, 2.75) is 46.8 Å². The maximum Gasteiger partial charge on any atom is 0.257 e. The molecule has 1 N–H and O–H groups in total. The van der Waals surface area contributed by atoms with Gasteiger partial charge in [0.15, 0.2) is 0 Å². The highest BCUT2D eigenvalue weighted by atomic mass is 16.2. The molecule has 3 aromatic rings. The smallest absolute Gasteiger partial charge is 0.257 e. The lowest BCUT2D eigenvalue weighted by Gasteiger charge is -2.15. The van der Waals surface area contributed by atoms with Crippen molar-refractivity contribution in [2.75, 3.05) is 0 Å². The van der Waals surface area contributed by atoms with E-state index in [0.29, 0.717) is 29.9 Å². The van der Waals surface area contributed by atoms with Crippen LogP contribution < -0.4 is 10.7 Å². The van der Waals surface area contributed by atoms with Crippen molar-refractivity contribution < 1.29 is 4.79 Å². The first kappa shape index (κ1) is 17.8. The Bertz CT molecular complexity index is 1020. The molecule has 1 unspecified atom stereocenters. The summed E-state index contributed by atoms with van der Waals surface area (Å²) in [7, 11) is 0. The number of nitrogens with zero attached hydrogens (tertiary/aromatic N) is 5. The Morgan fingerprint density at radius 1 is 1.27 bits per heavy atom. The number of amides is 1. The molecular weight excluding hydrogens is 332 g/mol. The highest BCUT2D eigenvalue weighted by Crippen LogP contribution is 2.13. The minimum absolute atomic E-state index is 0.0967. The molecule has 1 atom stereocenters. The van der Waals surface area contributed by atoms with Crippen LogP contribution in [0.3, 0.4) is 0 Å². The minimum Gasteiger partial charge on any atom is -0.342 e. The SMILES string of the molecule is CCn1ncnc1C(C)NC(=O)c1cn(CC)c2nc(C)ccc2c1=O. The number of carbonyl (C=O) groups is 1. The summed E-state index contributed by atoms with van der Waals surface area (Å²) >= 11 is 0. The highest BCUT2D eigenvalue weighted by Gasteiger charge is 2.20. The van der Waals surface area contributed by atoms with Crippen molar-refractivity contribution in [1.29, 1.82) is 0 Å². The van der Waals surface area contributed by atoms with Crippen LogP contribution in [-0.4, -0.2) is 30.2 Å². The summed E-state index contributed by atoms with van der Waals surface area (Å²) in [6.07, 6.45) is 3.03. The summed E-state index contributed by atoms with van der Waals surface area (Å²) in [5, 5.41) is 7.39. The van der Waals surface area contributed by atoms with Gasteiger partial charge < -0.3 is 9.88 Å². The average Bonchev–Trinajstić information content (AvgIpc) is 3.10. The second-order valence-corrected chi connectivity index (χ2v) is 6.11. The predicted octanol–water partition coefficient (Wildman–Crippen LogP) is 1.83. The molecule has 0 saturated carbocycles. The summed E-state index contributed by atoms with van der Waals surface area (Å²) < 4.78 is 3.53. The fraction of sp³-hybridized carbons (Fsp3) is 0.389. The fourth-order valence-corrected chi connectivity index (χ4v) is 2.95. The highest BCUT2D eigenvalue weighted by molar-refractivity contribution is 5.97. The van der Waals surface area contributed by atoms with Gasteiger partial charge in [0.05, 0.1) is 11.4 Å². The molecule has 0 saturated heterocycles. The third-order valence-corrected chi connectivity index (χ3v) is 4.33. The van der Waals surface area contributed by atoms with Crippen molar-refractivity contribution in [1.82, 2.24) is 29.6 Å². The molecule has 0 aliphatic carbocycles. The van der Waals surface area contributed by atoms with Crippen molar-refractivity contribution in [3.63, 3.8) is 0 Å². The number of nitrogens with one attached hydrogen (secondary N) is 1. The van der Waals surface area contributed by atoms with Crippen LogP contribution in [0.4, 0.5) is 0 Å². The maximum absolute atomic E-state index is 12.8. The van der Waals surface area contributed by atoms with Gasteiger partial charge in [0.2, 0.25) is 5.43 Å². The number of fused-ring (bicyclic) bond motifs is 1. The van der Waals surface area contributed by atoms with Crippen molar-refractivity contribution in [3.05, 3.63) is 52.0 Å². The second-order valence-electron chi connectivity index (χ2n) is 6.11. The number of hydrogen-bond donors (Lipinski definition) is 1. The van der Waals surface area contributed by atoms with E-state index in [1.54, 1.807) is 23.0 Å². The summed E-state index contributed by atoms with van der Waals surface area (Å²) in [6.45, 7) is 8.84. The van der Waals surface area contributed by atoms with Gasteiger partial charge >= 0.3 is 0 Å². The topological polar surface area (TPSA) is 94.7 Å². The lowest BCUT2D eigenvalue weighted by atomic mass is 10.1. The Morgan fingerprint density at radius 2 is 2.04 bits per heavy atom. The number of carbonyl (C=O) groups excluding carboxylic acids is 1. The number of aryl methyl sites for hydroxylation is 3. The monoisotopic (exact) mass is 354 g/mol. The third-order valence-electron chi connectivity index (χ3n) is 4.33. The van der Waals surface area contributed by atoms with Gasteiger partial charge in [0.25, 0.3) is 5.91 Å². The third kappa shape index (κ3) is 3.10. The molecule has 0 spiro atoms. The second kappa shape index (κ2) is 7.07. The zero-order valence-electron chi connectivity index (χ0n) is 15.4. The van der Waals surface area contributed by atoms with Crippen molar-refractivity contribution >= 4 is 16.9 Å². The summed E-state index contributed by atoms with van der Waals surface area (Å²) in [5.41, 5.74) is 1.19. The molecule has 3 rings (SSSR count). The van der Waals surface area contributed by atoms with Crippen LogP contribution >= 0.6 is 0 Å². The Kier molecular flexibility index (Phi) is 4.83. The quantitative estimate of drug-likeness (QED) is 0.754. The van der Waals surface area contributed by atoms with Crippen LogP contribution in [0.2, 0.25) is 0 Å². The number of aromatic nitrogens is 5. The van der Waals surface area contributed by atoms with Gasteiger partial charge in [-0.3, -0.25) is 9.59 Å². The summed E-state index contributed by atoms with van der Waals surface area (Å²) in [6, 6.07) is 3.13. The van der Waals surface area contributed by atoms with Crippen LogP contribution in [-0.2, 0) is 13.1 Å². The molecule has 0 aromatic carbocycles. The van der Waals surface area contributed by atoms with E-state index in [1.807, 2.05) is 32.3 Å². The fourth-order valence-electron chi connectivity index (χ4n) is 2.95. The maximum atomic E-state index is 12.8. The number of hydrogen-bond acceptors (Lipinski definition) is 5. The molecule has 136 valence electrons. The first-order chi connectivity index (χ1) is 12.5. The Morgan fingerprint density at radius 3 is 2.73 bits per heavy atom. The zero-order chi connectivity index (χ0) is 18.8. The van der Waals surface area contributed by atoms with Crippen LogP contribution in [0.25, 0.3) is 11.0 Å². The molecule has 8 nitrogen and oxygen atoms in total. The molecule has 26 heavy (non-hydrogen) atoms. The first-order valence-electron chi connectivity index (χ1n) is 8.65. The van der Waals surface area contributed by atoms with E-state index in [0.717, 1.165) is 5.69 Å². The van der Waals surface area contributed by atoms with Gasteiger partial charge in [0.1, 0.15) is 23.4 Å². The standard InChI is InChI=1S/C18H22N6O2/c1-5-23-9-14(15(25)13-8-7-11(3)21-17(13)23)18(26)22-12(4)16-19-10-20-24(16)6-2/h7-10,12H,5-6H2,1-4H3,(H,22,26). The normalized spacial score (nSPS) is 12.3. The molecule has 0 bridgehead atoms. The number of pyridine rings is 2. The lowest BCUT2D eigenvalue weighted by molar-refractivity contribution is 0.0936. The molecule has 0 radical (unpaired) electrons. The average molecular weight is 354 g/mol.